The van der Waals surface area contributed by atoms with Crippen LogP contribution in [0.3, 0.4) is 0 Å². The van der Waals surface area contributed by atoms with E-state index in [1.54, 1.807) is 6.92 Å². The normalized spacial score (nSPS) is 15.0. The van der Waals surface area contributed by atoms with Gasteiger partial charge in [0, 0.05) is 12.1 Å². The van der Waals surface area contributed by atoms with Crippen LogP contribution in [0.4, 0.5) is 0 Å². The van der Waals surface area contributed by atoms with E-state index < -0.39 is 5.54 Å². The van der Waals surface area contributed by atoms with Crippen LogP contribution in [0.15, 0.2) is 18.2 Å². The number of nitrogens with one attached hydrogen (secondary N) is 1. The second kappa shape index (κ2) is 8.18. The van der Waals surface area contributed by atoms with Crippen LogP contribution in [-0.2, 0) is 11.3 Å². The van der Waals surface area contributed by atoms with Gasteiger partial charge >= 0.3 is 0 Å². The quantitative estimate of drug-likeness (QED) is 0.774. The molecule has 0 bridgehead atoms. The molecule has 3 N–H and O–H groups in total. The van der Waals surface area contributed by atoms with Gasteiger partial charge in [-0.15, -0.1) is 0 Å². The zero-order valence-electron chi connectivity index (χ0n) is 14.5. The molecule has 4 nitrogen and oxygen atoms in total. The van der Waals surface area contributed by atoms with Gasteiger partial charge in [0.25, 0.3) is 0 Å². The largest absolute Gasteiger partial charge is 0.490 e. The van der Waals surface area contributed by atoms with Crippen molar-refractivity contribution in [3.8, 4) is 5.75 Å². The molecular formula is C18H30N2O2. The summed E-state index contributed by atoms with van der Waals surface area (Å²) in [4.78, 5) is 12.2. The monoisotopic (exact) mass is 306 g/mol. The Labute approximate surface area is 134 Å². The zero-order valence-corrected chi connectivity index (χ0v) is 14.5. The SMILES string of the molecule is CCCC(C)(N)C(=O)NCc1ccc(C)cc1OC(C)CC. The summed E-state index contributed by atoms with van der Waals surface area (Å²) in [5.74, 6) is 0.716. The smallest absolute Gasteiger partial charge is 0.240 e. The summed E-state index contributed by atoms with van der Waals surface area (Å²) in [5.41, 5.74) is 7.35. The van der Waals surface area contributed by atoms with Gasteiger partial charge in [-0.3, -0.25) is 4.79 Å². The predicted molar refractivity (Wildman–Crippen MR) is 90.9 cm³/mol. The molecule has 1 rings (SSSR count). The van der Waals surface area contributed by atoms with Crippen molar-refractivity contribution in [2.24, 2.45) is 5.73 Å². The Balaban J connectivity index is 2.79. The third kappa shape index (κ3) is 5.34. The fraction of sp³-hybridized carbons (Fsp3) is 0.611. The minimum Gasteiger partial charge on any atom is -0.490 e. The minimum absolute atomic E-state index is 0.121. The maximum Gasteiger partial charge on any atom is 0.240 e. The molecule has 0 spiro atoms. The molecule has 0 saturated carbocycles. The highest BCUT2D eigenvalue weighted by molar-refractivity contribution is 5.85. The molecule has 1 amide bonds. The van der Waals surface area contributed by atoms with E-state index in [1.165, 1.54) is 0 Å². The van der Waals surface area contributed by atoms with Crippen LogP contribution >= 0.6 is 0 Å². The van der Waals surface area contributed by atoms with Gasteiger partial charge < -0.3 is 15.8 Å². The Morgan fingerprint density at radius 1 is 1.41 bits per heavy atom. The van der Waals surface area contributed by atoms with E-state index in [1.807, 2.05) is 39.0 Å². The zero-order chi connectivity index (χ0) is 16.8. The summed E-state index contributed by atoms with van der Waals surface area (Å²) in [6.45, 7) is 10.4. The van der Waals surface area contributed by atoms with E-state index in [9.17, 15) is 4.79 Å². The summed E-state index contributed by atoms with van der Waals surface area (Å²) in [6.07, 6.45) is 2.64. The number of carbonyl (C=O) groups is 1. The molecule has 0 aromatic heterocycles. The average molecular weight is 306 g/mol. The van der Waals surface area contributed by atoms with Crippen LogP contribution in [0.25, 0.3) is 0 Å². The lowest BCUT2D eigenvalue weighted by Gasteiger charge is -2.23. The lowest BCUT2D eigenvalue weighted by molar-refractivity contribution is -0.126. The van der Waals surface area contributed by atoms with E-state index in [2.05, 4.69) is 12.2 Å². The van der Waals surface area contributed by atoms with Gasteiger partial charge in [-0.25, -0.2) is 0 Å². The molecule has 0 radical (unpaired) electrons. The third-order valence-electron chi connectivity index (χ3n) is 3.85. The number of ether oxygens (including phenoxy) is 1. The van der Waals surface area contributed by atoms with Crippen molar-refractivity contribution in [1.29, 1.82) is 0 Å². The maximum atomic E-state index is 12.2. The number of amides is 1. The molecule has 2 atom stereocenters. The first kappa shape index (κ1) is 18.5. The molecule has 0 aliphatic carbocycles. The molecule has 124 valence electrons. The molecule has 0 aliphatic heterocycles. The van der Waals surface area contributed by atoms with Crippen molar-refractivity contribution < 1.29 is 9.53 Å². The van der Waals surface area contributed by atoms with Crippen molar-refractivity contribution in [2.75, 3.05) is 0 Å². The number of hydrogen-bond acceptors (Lipinski definition) is 3. The summed E-state index contributed by atoms with van der Waals surface area (Å²) < 4.78 is 5.96. The fourth-order valence-electron chi connectivity index (χ4n) is 2.23. The standard InChI is InChI=1S/C18H30N2O2/c1-6-10-18(5,19)17(21)20-12-15-9-8-13(3)11-16(15)22-14(4)7-2/h8-9,11,14H,6-7,10,12,19H2,1-5H3,(H,20,21). The number of carbonyl (C=O) groups excluding carboxylic acids is 1. The van der Waals surface area contributed by atoms with Crippen LogP contribution in [-0.4, -0.2) is 17.6 Å². The van der Waals surface area contributed by atoms with Crippen LogP contribution in [0.5, 0.6) is 5.75 Å². The van der Waals surface area contributed by atoms with E-state index >= 15 is 0 Å². The Kier molecular flexibility index (Phi) is 6.88. The lowest BCUT2D eigenvalue weighted by Crippen LogP contribution is -2.51. The number of aryl methyl sites for hydroxylation is 1. The van der Waals surface area contributed by atoms with Gasteiger partial charge in [-0.1, -0.05) is 32.4 Å². The average Bonchev–Trinajstić information content (AvgIpc) is 2.45. The van der Waals surface area contributed by atoms with Gasteiger partial charge in [-0.2, -0.15) is 0 Å². The Morgan fingerprint density at radius 3 is 2.68 bits per heavy atom. The van der Waals surface area contributed by atoms with E-state index in [0.717, 1.165) is 29.7 Å². The van der Waals surface area contributed by atoms with Gasteiger partial charge in [0.1, 0.15) is 5.75 Å². The molecule has 4 heteroatoms. The third-order valence-corrected chi connectivity index (χ3v) is 3.85. The number of hydrogen-bond donors (Lipinski definition) is 2. The Morgan fingerprint density at radius 2 is 2.09 bits per heavy atom. The first-order chi connectivity index (χ1) is 10.3. The van der Waals surface area contributed by atoms with E-state index in [4.69, 9.17) is 10.5 Å². The van der Waals surface area contributed by atoms with E-state index in [-0.39, 0.29) is 12.0 Å². The van der Waals surface area contributed by atoms with Crippen molar-refractivity contribution >= 4 is 5.91 Å². The number of benzene rings is 1. The van der Waals surface area contributed by atoms with Crippen molar-refractivity contribution in [3.05, 3.63) is 29.3 Å². The fourth-order valence-corrected chi connectivity index (χ4v) is 2.23. The van der Waals surface area contributed by atoms with Crippen molar-refractivity contribution in [1.82, 2.24) is 5.32 Å². The van der Waals surface area contributed by atoms with Crippen molar-refractivity contribution in [2.45, 2.75) is 72.1 Å². The van der Waals surface area contributed by atoms with Gasteiger partial charge in [-0.05, 0) is 45.2 Å². The predicted octanol–water partition coefficient (Wildman–Crippen LogP) is 3.31. The molecule has 1 aromatic rings. The molecule has 1 aromatic carbocycles. The summed E-state index contributed by atoms with van der Waals surface area (Å²) in [7, 11) is 0. The Bertz CT molecular complexity index is 498. The summed E-state index contributed by atoms with van der Waals surface area (Å²) in [6, 6.07) is 6.04. The first-order valence-electron chi connectivity index (χ1n) is 8.13. The maximum absolute atomic E-state index is 12.2. The molecule has 0 heterocycles. The number of nitrogens with two attached hydrogens (primary N) is 1. The summed E-state index contributed by atoms with van der Waals surface area (Å²) in [5, 5.41) is 2.93. The van der Waals surface area contributed by atoms with Gasteiger partial charge in [0.05, 0.1) is 11.6 Å². The molecule has 0 aliphatic rings. The molecule has 0 saturated heterocycles. The van der Waals surface area contributed by atoms with Gasteiger partial charge in [0.15, 0.2) is 0 Å². The van der Waals surface area contributed by atoms with Gasteiger partial charge in [0.2, 0.25) is 5.91 Å². The molecule has 2 unspecified atom stereocenters. The van der Waals surface area contributed by atoms with Crippen molar-refractivity contribution in [3.63, 3.8) is 0 Å². The van der Waals surface area contributed by atoms with Crippen LogP contribution in [0.2, 0.25) is 0 Å². The van der Waals surface area contributed by atoms with Crippen LogP contribution < -0.4 is 15.8 Å². The lowest BCUT2D eigenvalue weighted by atomic mass is 9.96. The van der Waals surface area contributed by atoms with Crippen LogP contribution in [0.1, 0.15) is 58.1 Å². The number of rotatable bonds is 8. The first-order valence-corrected chi connectivity index (χ1v) is 8.13. The second-order valence-corrected chi connectivity index (χ2v) is 6.30. The topological polar surface area (TPSA) is 64.4 Å². The second-order valence-electron chi connectivity index (χ2n) is 6.30. The molecular weight excluding hydrogens is 276 g/mol. The highest BCUT2D eigenvalue weighted by Crippen LogP contribution is 2.22. The highest BCUT2D eigenvalue weighted by Gasteiger charge is 2.26. The molecule has 0 fully saturated rings. The summed E-state index contributed by atoms with van der Waals surface area (Å²) >= 11 is 0. The highest BCUT2D eigenvalue weighted by atomic mass is 16.5. The molecule has 22 heavy (non-hydrogen) atoms. The minimum atomic E-state index is -0.822. The van der Waals surface area contributed by atoms with Crippen LogP contribution in [0, 0.1) is 6.92 Å². The Hall–Kier alpha value is -1.55. The van der Waals surface area contributed by atoms with E-state index in [0.29, 0.717) is 13.0 Å².